The van der Waals surface area contributed by atoms with Crippen molar-refractivity contribution in [1.82, 2.24) is 10.6 Å². The first-order valence-corrected chi connectivity index (χ1v) is 9.38. The van der Waals surface area contributed by atoms with Gasteiger partial charge in [0.15, 0.2) is 5.96 Å². The highest BCUT2D eigenvalue weighted by Gasteiger charge is 2.22. The Hall–Kier alpha value is -3.22. The summed E-state index contributed by atoms with van der Waals surface area (Å²) < 4.78 is 10.5. The van der Waals surface area contributed by atoms with E-state index in [0.717, 1.165) is 30.2 Å². The molecule has 2 aromatic carbocycles. The molecule has 7 nitrogen and oxygen atoms in total. The van der Waals surface area contributed by atoms with Gasteiger partial charge in [0, 0.05) is 18.7 Å². The van der Waals surface area contributed by atoms with Crippen LogP contribution in [-0.4, -0.2) is 38.4 Å². The molecule has 148 valence electrons. The Labute approximate surface area is 165 Å². The van der Waals surface area contributed by atoms with E-state index in [9.17, 15) is 4.79 Å². The Morgan fingerprint density at radius 1 is 1.18 bits per heavy atom. The Bertz CT molecular complexity index is 796. The smallest absolute Gasteiger partial charge is 0.411 e. The number of rotatable bonds is 6. The van der Waals surface area contributed by atoms with Gasteiger partial charge in [0.05, 0.1) is 20.2 Å². The van der Waals surface area contributed by atoms with Crippen molar-refractivity contribution in [3.63, 3.8) is 0 Å². The number of para-hydroxylation sites is 1. The second-order valence-corrected chi connectivity index (χ2v) is 6.44. The molecule has 1 atom stereocenters. The largest absolute Gasteiger partial charge is 0.488 e. The minimum atomic E-state index is -0.485. The van der Waals surface area contributed by atoms with Crippen LogP contribution in [0.4, 0.5) is 10.5 Å². The van der Waals surface area contributed by atoms with E-state index in [4.69, 9.17) is 4.74 Å². The predicted octanol–water partition coefficient (Wildman–Crippen LogP) is 2.92. The van der Waals surface area contributed by atoms with Gasteiger partial charge in [-0.15, -0.1) is 0 Å². The second kappa shape index (κ2) is 9.64. The van der Waals surface area contributed by atoms with Crippen LogP contribution in [0.3, 0.4) is 0 Å². The van der Waals surface area contributed by atoms with E-state index in [2.05, 4.69) is 31.7 Å². The molecule has 0 aromatic heterocycles. The summed E-state index contributed by atoms with van der Waals surface area (Å²) in [7, 11) is 1.34. The summed E-state index contributed by atoms with van der Waals surface area (Å²) in [6.07, 6.45) is 0.516. The molecule has 0 bridgehead atoms. The average molecular weight is 382 g/mol. The molecule has 1 amide bonds. The first-order chi connectivity index (χ1) is 13.7. The number of benzene rings is 2. The number of ether oxygens (including phenoxy) is 2. The van der Waals surface area contributed by atoms with E-state index >= 15 is 0 Å². The third-order valence-electron chi connectivity index (χ3n) is 4.36. The monoisotopic (exact) mass is 382 g/mol. The number of anilines is 1. The van der Waals surface area contributed by atoms with E-state index in [0.29, 0.717) is 18.8 Å². The van der Waals surface area contributed by atoms with Crippen molar-refractivity contribution in [1.29, 1.82) is 0 Å². The summed E-state index contributed by atoms with van der Waals surface area (Å²) in [5.41, 5.74) is 2.97. The van der Waals surface area contributed by atoms with Gasteiger partial charge < -0.3 is 20.1 Å². The van der Waals surface area contributed by atoms with E-state index in [1.165, 1.54) is 12.7 Å². The van der Waals surface area contributed by atoms with Gasteiger partial charge in [-0.1, -0.05) is 30.3 Å². The Morgan fingerprint density at radius 3 is 2.68 bits per heavy atom. The van der Waals surface area contributed by atoms with E-state index in [1.807, 2.05) is 49.4 Å². The molecule has 0 aliphatic carbocycles. The highest BCUT2D eigenvalue weighted by Crippen LogP contribution is 2.27. The molecule has 0 saturated heterocycles. The normalized spacial score (nSPS) is 15.4. The Kier molecular flexibility index (Phi) is 6.73. The Balaban J connectivity index is 1.52. The maximum atomic E-state index is 11.2. The van der Waals surface area contributed by atoms with Crippen LogP contribution >= 0.6 is 0 Å². The van der Waals surface area contributed by atoms with Gasteiger partial charge in [0.2, 0.25) is 0 Å². The van der Waals surface area contributed by atoms with Crippen molar-refractivity contribution in [3.8, 4) is 5.75 Å². The van der Waals surface area contributed by atoms with Crippen LogP contribution < -0.4 is 20.7 Å². The molecular formula is C21H26N4O3. The zero-order valence-corrected chi connectivity index (χ0v) is 16.2. The molecule has 3 N–H and O–H groups in total. The van der Waals surface area contributed by atoms with Gasteiger partial charge in [0.1, 0.15) is 11.9 Å². The molecule has 1 aliphatic heterocycles. The van der Waals surface area contributed by atoms with Crippen LogP contribution in [-0.2, 0) is 17.7 Å². The molecule has 1 heterocycles. The predicted molar refractivity (Wildman–Crippen MR) is 110 cm³/mol. The molecule has 7 heteroatoms. The summed E-state index contributed by atoms with van der Waals surface area (Å²) in [5.74, 6) is 1.72. The molecule has 3 rings (SSSR count). The van der Waals surface area contributed by atoms with Crippen LogP contribution in [0, 0.1) is 0 Å². The zero-order valence-electron chi connectivity index (χ0n) is 16.2. The number of guanidine groups is 1. The lowest BCUT2D eigenvalue weighted by molar-refractivity contribution is 0.187. The number of fused-ring (bicyclic) bond motifs is 1. The standard InChI is InChI=1S/C21H26N4O3/c1-3-22-20(24-14-18-12-16-6-4-5-7-19(16)28-18)23-13-15-8-10-17(11-9-15)25-21(26)27-2/h4-11,18H,3,12-14H2,1-2H3,(H,25,26)(H2,22,23,24). The molecule has 0 saturated carbocycles. The van der Waals surface area contributed by atoms with Gasteiger partial charge in [-0.3, -0.25) is 5.32 Å². The van der Waals surface area contributed by atoms with Gasteiger partial charge in [-0.05, 0) is 36.2 Å². The molecule has 2 aromatic rings. The van der Waals surface area contributed by atoms with Gasteiger partial charge >= 0.3 is 6.09 Å². The van der Waals surface area contributed by atoms with Gasteiger partial charge in [0.25, 0.3) is 0 Å². The number of nitrogens with zero attached hydrogens (tertiary/aromatic N) is 1. The van der Waals surface area contributed by atoms with Crippen LogP contribution in [0.2, 0.25) is 0 Å². The number of carbonyl (C=O) groups excluding carboxylic acids is 1. The summed E-state index contributed by atoms with van der Waals surface area (Å²) in [6.45, 7) is 4.02. The van der Waals surface area contributed by atoms with Gasteiger partial charge in [-0.2, -0.15) is 0 Å². The van der Waals surface area contributed by atoms with Crippen molar-refractivity contribution >= 4 is 17.7 Å². The third kappa shape index (κ3) is 5.39. The van der Waals surface area contributed by atoms with Crippen LogP contribution in [0.5, 0.6) is 5.75 Å². The minimum Gasteiger partial charge on any atom is -0.488 e. The lowest BCUT2D eigenvalue weighted by Crippen LogP contribution is -2.42. The van der Waals surface area contributed by atoms with Crippen molar-refractivity contribution < 1.29 is 14.3 Å². The van der Waals surface area contributed by atoms with E-state index in [-0.39, 0.29) is 6.10 Å². The summed E-state index contributed by atoms with van der Waals surface area (Å²) in [4.78, 5) is 15.9. The molecule has 1 unspecified atom stereocenters. The van der Waals surface area contributed by atoms with Crippen LogP contribution in [0.15, 0.2) is 53.5 Å². The lowest BCUT2D eigenvalue weighted by Gasteiger charge is -2.15. The average Bonchev–Trinajstić information content (AvgIpc) is 3.14. The molecule has 28 heavy (non-hydrogen) atoms. The van der Waals surface area contributed by atoms with Crippen molar-refractivity contribution in [3.05, 3.63) is 59.7 Å². The van der Waals surface area contributed by atoms with E-state index in [1.54, 1.807) is 0 Å². The maximum absolute atomic E-state index is 11.2. The number of carbonyl (C=O) groups is 1. The van der Waals surface area contributed by atoms with E-state index < -0.39 is 6.09 Å². The summed E-state index contributed by atoms with van der Waals surface area (Å²) >= 11 is 0. The van der Waals surface area contributed by atoms with Crippen LogP contribution in [0.25, 0.3) is 0 Å². The SMILES string of the molecule is CCNC(=NCc1ccc(NC(=O)OC)cc1)NCC1Cc2ccccc2O1. The number of nitrogens with one attached hydrogen (secondary N) is 3. The number of methoxy groups -OCH3 is 1. The fourth-order valence-electron chi connectivity index (χ4n) is 2.95. The topological polar surface area (TPSA) is 84.0 Å². The number of amides is 1. The highest BCUT2D eigenvalue weighted by atomic mass is 16.5. The first kappa shape index (κ1) is 19.5. The maximum Gasteiger partial charge on any atom is 0.411 e. The molecular weight excluding hydrogens is 356 g/mol. The quantitative estimate of drug-likeness (QED) is 0.528. The van der Waals surface area contributed by atoms with Gasteiger partial charge in [-0.25, -0.2) is 9.79 Å². The molecule has 1 aliphatic rings. The molecule has 0 radical (unpaired) electrons. The lowest BCUT2D eigenvalue weighted by atomic mass is 10.1. The van der Waals surface area contributed by atoms with Crippen molar-refractivity contribution in [2.24, 2.45) is 4.99 Å². The Morgan fingerprint density at radius 2 is 1.96 bits per heavy atom. The fourth-order valence-corrected chi connectivity index (χ4v) is 2.95. The highest BCUT2D eigenvalue weighted by molar-refractivity contribution is 5.84. The van der Waals surface area contributed by atoms with Crippen molar-refractivity contribution in [2.75, 3.05) is 25.5 Å². The third-order valence-corrected chi connectivity index (χ3v) is 4.36. The minimum absolute atomic E-state index is 0.102. The molecule has 0 fully saturated rings. The number of hydrogen-bond acceptors (Lipinski definition) is 4. The number of aliphatic imine (C=N–C) groups is 1. The second-order valence-electron chi connectivity index (χ2n) is 6.44. The fraction of sp³-hybridized carbons (Fsp3) is 0.333. The number of hydrogen-bond donors (Lipinski definition) is 3. The van der Waals surface area contributed by atoms with Crippen LogP contribution in [0.1, 0.15) is 18.1 Å². The zero-order chi connectivity index (χ0) is 19.8. The summed E-state index contributed by atoms with van der Waals surface area (Å²) in [6, 6.07) is 15.6. The molecule has 0 spiro atoms. The summed E-state index contributed by atoms with van der Waals surface area (Å²) in [5, 5.41) is 9.23. The van der Waals surface area contributed by atoms with Crippen molar-refractivity contribution in [2.45, 2.75) is 26.0 Å². The first-order valence-electron chi connectivity index (χ1n) is 9.38.